The molecule has 0 heterocycles. The molecule has 9 heteroatoms. The van der Waals surface area contributed by atoms with Crippen molar-refractivity contribution in [2.45, 2.75) is 6.18 Å². The van der Waals surface area contributed by atoms with Gasteiger partial charge >= 0.3 is 6.18 Å². The molecule has 0 fully saturated rings. The number of halogens is 4. The van der Waals surface area contributed by atoms with E-state index in [1.54, 1.807) is 0 Å². The lowest BCUT2D eigenvalue weighted by Gasteiger charge is -2.10. The lowest BCUT2D eigenvalue weighted by molar-refractivity contribution is -0.384. The van der Waals surface area contributed by atoms with Gasteiger partial charge in [-0.15, -0.1) is 0 Å². The van der Waals surface area contributed by atoms with Gasteiger partial charge in [-0.05, 0) is 30.3 Å². The zero-order valence-corrected chi connectivity index (χ0v) is 12.0. The van der Waals surface area contributed by atoms with E-state index < -0.39 is 22.6 Å². The van der Waals surface area contributed by atoms with Crippen molar-refractivity contribution in [1.82, 2.24) is 0 Å². The number of nitrogens with zero attached hydrogens (tertiary/aromatic N) is 1. The molecule has 1 amide bonds. The summed E-state index contributed by atoms with van der Waals surface area (Å²) in [7, 11) is 0. The largest absolute Gasteiger partial charge is 0.416 e. The minimum absolute atomic E-state index is 0.0157. The van der Waals surface area contributed by atoms with Gasteiger partial charge in [0.1, 0.15) is 5.02 Å². The highest BCUT2D eigenvalue weighted by atomic mass is 35.5. The van der Waals surface area contributed by atoms with Crippen LogP contribution in [-0.2, 0) is 6.18 Å². The van der Waals surface area contributed by atoms with Crippen LogP contribution < -0.4 is 5.32 Å². The molecule has 0 aliphatic carbocycles. The van der Waals surface area contributed by atoms with E-state index in [0.717, 1.165) is 36.4 Å². The normalized spacial score (nSPS) is 11.1. The molecule has 0 unspecified atom stereocenters. The van der Waals surface area contributed by atoms with Gasteiger partial charge in [-0.25, -0.2) is 0 Å². The summed E-state index contributed by atoms with van der Waals surface area (Å²) in [5.41, 5.74) is -1.35. The van der Waals surface area contributed by atoms with Crippen LogP contribution in [0.25, 0.3) is 0 Å². The summed E-state index contributed by atoms with van der Waals surface area (Å²) < 4.78 is 37.8. The molecule has 0 bridgehead atoms. The van der Waals surface area contributed by atoms with Gasteiger partial charge in [0.25, 0.3) is 11.6 Å². The number of nitro groups is 1. The number of hydrogen-bond acceptors (Lipinski definition) is 3. The Bertz CT molecular complexity index is 778. The molecule has 0 aliphatic heterocycles. The summed E-state index contributed by atoms with van der Waals surface area (Å²) in [4.78, 5) is 21.9. The number of anilines is 1. The SMILES string of the molecule is O=C(Nc1cccc(C(F)(F)F)c1)c1ccc([N+](=O)[O-])c(Cl)c1. The molecule has 0 saturated heterocycles. The molecule has 120 valence electrons. The number of alkyl halides is 3. The molecule has 1 N–H and O–H groups in total. The van der Waals surface area contributed by atoms with Gasteiger partial charge in [-0.3, -0.25) is 14.9 Å². The van der Waals surface area contributed by atoms with Gasteiger partial charge in [0.05, 0.1) is 10.5 Å². The molecule has 0 spiro atoms. The number of rotatable bonds is 3. The lowest BCUT2D eigenvalue weighted by Crippen LogP contribution is -2.13. The molecular weight excluding hydrogens is 337 g/mol. The number of nitrogens with one attached hydrogen (secondary N) is 1. The van der Waals surface area contributed by atoms with E-state index in [9.17, 15) is 28.1 Å². The Morgan fingerprint density at radius 2 is 1.87 bits per heavy atom. The van der Waals surface area contributed by atoms with E-state index in [4.69, 9.17) is 11.6 Å². The zero-order valence-electron chi connectivity index (χ0n) is 11.2. The van der Waals surface area contributed by atoms with Crippen LogP contribution in [0.3, 0.4) is 0 Å². The molecule has 0 aromatic heterocycles. The average molecular weight is 345 g/mol. The van der Waals surface area contributed by atoms with E-state index in [1.165, 1.54) is 6.07 Å². The maximum atomic E-state index is 12.6. The molecule has 5 nitrogen and oxygen atoms in total. The lowest BCUT2D eigenvalue weighted by atomic mass is 10.1. The van der Waals surface area contributed by atoms with Crippen molar-refractivity contribution in [1.29, 1.82) is 0 Å². The fourth-order valence-electron chi connectivity index (χ4n) is 1.77. The topological polar surface area (TPSA) is 72.2 Å². The van der Waals surface area contributed by atoms with Crippen LogP contribution in [0.15, 0.2) is 42.5 Å². The molecule has 0 saturated carbocycles. The summed E-state index contributed by atoms with van der Waals surface area (Å²) in [6, 6.07) is 7.38. The number of nitro benzene ring substituents is 1. The second-order valence-corrected chi connectivity index (χ2v) is 4.86. The third-order valence-electron chi connectivity index (χ3n) is 2.85. The monoisotopic (exact) mass is 344 g/mol. The predicted octanol–water partition coefficient (Wildman–Crippen LogP) is 4.52. The van der Waals surface area contributed by atoms with Crippen molar-refractivity contribution in [2.24, 2.45) is 0 Å². The van der Waals surface area contributed by atoms with E-state index >= 15 is 0 Å². The minimum Gasteiger partial charge on any atom is -0.322 e. The summed E-state index contributed by atoms with van der Waals surface area (Å²) in [5.74, 6) is -0.735. The first kappa shape index (κ1) is 16.8. The first-order chi connectivity index (χ1) is 10.7. The predicted molar refractivity (Wildman–Crippen MR) is 77.5 cm³/mol. The Morgan fingerprint density at radius 1 is 1.17 bits per heavy atom. The molecule has 2 aromatic carbocycles. The fourth-order valence-corrected chi connectivity index (χ4v) is 2.02. The maximum absolute atomic E-state index is 12.6. The Hall–Kier alpha value is -2.61. The third-order valence-corrected chi connectivity index (χ3v) is 3.16. The number of carbonyl (C=O) groups is 1. The van der Waals surface area contributed by atoms with Crippen molar-refractivity contribution in [2.75, 3.05) is 5.32 Å². The highest BCUT2D eigenvalue weighted by Gasteiger charge is 2.30. The van der Waals surface area contributed by atoms with Crippen molar-refractivity contribution in [3.05, 3.63) is 68.7 Å². The minimum atomic E-state index is -4.53. The molecule has 0 aliphatic rings. The first-order valence-electron chi connectivity index (χ1n) is 6.11. The number of benzene rings is 2. The van der Waals surface area contributed by atoms with Crippen LogP contribution >= 0.6 is 11.6 Å². The van der Waals surface area contributed by atoms with Crippen molar-refractivity contribution in [3.63, 3.8) is 0 Å². The maximum Gasteiger partial charge on any atom is 0.416 e. The van der Waals surface area contributed by atoms with Crippen LogP contribution in [0.2, 0.25) is 5.02 Å². The molecule has 2 rings (SSSR count). The molecule has 23 heavy (non-hydrogen) atoms. The van der Waals surface area contributed by atoms with Crippen LogP contribution in [0.1, 0.15) is 15.9 Å². The highest BCUT2D eigenvalue weighted by Crippen LogP contribution is 2.31. The first-order valence-corrected chi connectivity index (χ1v) is 6.49. The number of amides is 1. The molecule has 2 aromatic rings. The number of carbonyl (C=O) groups excluding carboxylic acids is 1. The molecular formula is C14H8ClF3N2O3. The van der Waals surface area contributed by atoms with Crippen LogP contribution in [-0.4, -0.2) is 10.8 Å². The standard InChI is InChI=1S/C14H8ClF3N2O3/c15-11-6-8(4-5-12(11)20(22)23)13(21)19-10-3-1-2-9(7-10)14(16,17)18/h1-7H,(H,19,21). The summed E-state index contributed by atoms with van der Waals surface area (Å²) in [5, 5.41) is 12.7. The van der Waals surface area contributed by atoms with Crippen LogP contribution in [0.5, 0.6) is 0 Å². The zero-order chi connectivity index (χ0) is 17.2. The van der Waals surface area contributed by atoms with Gasteiger partial charge in [-0.1, -0.05) is 17.7 Å². The van der Waals surface area contributed by atoms with Crippen molar-refractivity contribution < 1.29 is 22.9 Å². The van der Waals surface area contributed by atoms with Crippen LogP contribution in [0.4, 0.5) is 24.5 Å². The quantitative estimate of drug-likeness (QED) is 0.657. The van der Waals surface area contributed by atoms with Gasteiger partial charge in [-0.2, -0.15) is 13.2 Å². The van der Waals surface area contributed by atoms with Crippen LogP contribution in [0, 0.1) is 10.1 Å². The second kappa shape index (κ2) is 6.25. The van der Waals surface area contributed by atoms with Gasteiger partial charge < -0.3 is 5.32 Å². The summed E-state index contributed by atoms with van der Waals surface area (Å²) >= 11 is 5.69. The summed E-state index contributed by atoms with van der Waals surface area (Å²) in [6.45, 7) is 0. The molecule has 0 radical (unpaired) electrons. The second-order valence-electron chi connectivity index (χ2n) is 4.46. The van der Waals surface area contributed by atoms with Crippen molar-refractivity contribution >= 4 is 28.9 Å². The third kappa shape index (κ3) is 3.98. The van der Waals surface area contributed by atoms with Gasteiger partial charge in [0, 0.05) is 17.3 Å². The van der Waals surface area contributed by atoms with E-state index in [2.05, 4.69) is 5.32 Å². The Morgan fingerprint density at radius 3 is 2.43 bits per heavy atom. The Labute approximate surface area is 132 Å². The Balaban J connectivity index is 2.23. The number of hydrogen-bond donors (Lipinski definition) is 1. The smallest absolute Gasteiger partial charge is 0.322 e. The van der Waals surface area contributed by atoms with E-state index in [1.807, 2.05) is 0 Å². The van der Waals surface area contributed by atoms with Crippen molar-refractivity contribution in [3.8, 4) is 0 Å². The van der Waals surface area contributed by atoms with E-state index in [0.29, 0.717) is 0 Å². The average Bonchev–Trinajstić information content (AvgIpc) is 2.46. The summed E-state index contributed by atoms with van der Waals surface area (Å²) in [6.07, 6.45) is -4.53. The van der Waals surface area contributed by atoms with Gasteiger partial charge in [0.2, 0.25) is 0 Å². The van der Waals surface area contributed by atoms with E-state index in [-0.39, 0.29) is 22.0 Å². The highest BCUT2D eigenvalue weighted by molar-refractivity contribution is 6.33. The fraction of sp³-hybridized carbons (Fsp3) is 0.0714. The Kier molecular flexibility index (Phi) is 4.55. The van der Waals surface area contributed by atoms with Gasteiger partial charge in [0.15, 0.2) is 0 Å². The molecule has 0 atom stereocenters.